The van der Waals surface area contributed by atoms with Crippen LogP contribution in [-0.4, -0.2) is 16.9 Å². The molecule has 3 rings (SSSR count). The van der Waals surface area contributed by atoms with E-state index in [2.05, 4.69) is 9.98 Å². The smallest absolute Gasteiger partial charge is 0.280 e. The molecule has 1 aromatic heterocycles. The van der Waals surface area contributed by atoms with Crippen LogP contribution in [-0.2, 0) is 0 Å². The van der Waals surface area contributed by atoms with Crippen molar-refractivity contribution in [2.75, 3.05) is 0 Å². The number of amides is 1. The number of aromatic nitrogens is 1. The number of hydrogen-bond acceptors (Lipinski definition) is 3. The lowest BCUT2D eigenvalue weighted by Crippen LogP contribution is -2.24. The molecule has 0 saturated heterocycles. The summed E-state index contributed by atoms with van der Waals surface area (Å²) in [7, 11) is 0. The van der Waals surface area contributed by atoms with Gasteiger partial charge in [0.1, 0.15) is 11.8 Å². The van der Waals surface area contributed by atoms with Crippen LogP contribution in [0.15, 0.2) is 59.7 Å². The summed E-state index contributed by atoms with van der Waals surface area (Å²) in [5.74, 6) is -0.777. The number of carbonyl (C=O) groups excluding carboxylic acids is 1. The number of pyridine rings is 1. The van der Waals surface area contributed by atoms with E-state index in [0.717, 1.165) is 21.9 Å². The third kappa shape index (κ3) is 2.91. The molecule has 0 unspecified atom stereocenters. The summed E-state index contributed by atoms with van der Waals surface area (Å²) in [5.41, 5.74) is 13.0. The Morgan fingerprint density at radius 3 is 2.71 bits per heavy atom. The van der Waals surface area contributed by atoms with Gasteiger partial charge in [-0.25, -0.2) is 4.98 Å². The molecule has 0 radical (unpaired) electrons. The van der Waals surface area contributed by atoms with Gasteiger partial charge in [0.25, 0.3) is 5.91 Å². The Morgan fingerprint density at radius 2 is 1.96 bits per heavy atom. The van der Waals surface area contributed by atoms with Crippen molar-refractivity contribution >= 4 is 22.6 Å². The molecule has 0 aliphatic heterocycles. The Morgan fingerprint density at radius 1 is 1.12 bits per heavy atom. The molecule has 1 amide bonds. The molecule has 0 bridgehead atoms. The molecule has 0 spiro atoms. The number of benzene rings is 2. The highest BCUT2D eigenvalue weighted by Crippen LogP contribution is 2.29. The van der Waals surface area contributed by atoms with Gasteiger partial charge in [0.05, 0.1) is 0 Å². The Labute approximate surface area is 138 Å². The average molecular weight is 315 g/mol. The summed E-state index contributed by atoms with van der Waals surface area (Å²) >= 11 is 0. The number of nitriles is 1. The molecule has 0 fully saturated rings. The predicted molar refractivity (Wildman–Crippen MR) is 92.0 cm³/mol. The zero-order chi connectivity index (χ0) is 17.1. The molecular weight excluding hydrogens is 302 g/mol. The highest BCUT2D eigenvalue weighted by atomic mass is 16.1. The maximum Gasteiger partial charge on any atom is 0.280 e. The molecule has 6 heteroatoms. The van der Waals surface area contributed by atoms with Gasteiger partial charge in [-0.2, -0.15) is 10.3 Å². The lowest BCUT2D eigenvalue weighted by Gasteiger charge is -2.08. The maximum absolute atomic E-state index is 12.0. The van der Waals surface area contributed by atoms with E-state index in [1.54, 1.807) is 24.4 Å². The fourth-order valence-corrected chi connectivity index (χ4v) is 2.50. The van der Waals surface area contributed by atoms with Crippen LogP contribution in [0.2, 0.25) is 0 Å². The van der Waals surface area contributed by atoms with E-state index in [9.17, 15) is 4.79 Å². The predicted octanol–water partition coefficient (Wildman–Crippen LogP) is 2.19. The number of aliphatic imine (C=N–C) groups is 1. The summed E-state index contributed by atoms with van der Waals surface area (Å²) in [4.78, 5) is 19.6. The van der Waals surface area contributed by atoms with Gasteiger partial charge in [0.15, 0.2) is 5.96 Å². The van der Waals surface area contributed by atoms with Crippen molar-refractivity contribution in [3.05, 3.63) is 66.0 Å². The van der Waals surface area contributed by atoms with Gasteiger partial charge in [-0.3, -0.25) is 4.79 Å². The number of rotatable bonds is 2. The number of hydrogen-bond donors (Lipinski definition) is 2. The Bertz CT molecular complexity index is 1010. The number of fused-ring (bicyclic) bond motifs is 1. The van der Waals surface area contributed by atoms with E-state index >= 15 is 0 Å². The number of guanidine groups is 1. The molecule has 3 aromatic rings. The third-order valence-electron chi connectivity index (χ3n) is 3.55. The Balaban J connectivity index is 2.20. The molecular formula is C18H13N5O. The van der Waals surface area contributed by atoms with E-state index in [1.165, 1.54) is 0 Å². The fraction of sp³-hybridized carbons (Fsp3) is 0. The average Bonchev–Trinajstić information content (AvgIpc) is 2.60. The van der Waals surface area contributed by atoms with Gasteiger partial charge in [0, 0.05) is 11.8 Å². The quantitative estimate of drug-likeness (QED) is 0.555. The van der Waals surface area contributed by atoms with Crippen molar-refractivity contribution in [2.24, 2.45) is 16.5 Å². The van der Waals surface area contributed by atoms with Crippen molar-refractivity contribution < 1.29 is 4.79 Å². The zero-order valence-electron chi connectivity index (χ0n) is 12.6. The van der Waals surface area contributed by atoms with Gasteiger partial charge in [-0.1, -0.05) is 24.3 Å². The van der Waals surface area contributed by atoms with Crippen molar-refractivity contribution in [3.63, 3.8) is 0 Å². The summed E-state index contributed by atoms with van der Waals surface area (Å²) < 4.78 is 0. The van der Waals surface area contributed by atoms with Crippen LogP contribution >= 0.6 is 0 Å². The molecule has 1 heterocycles. The second-order valence-corrected chi connectivity index (χ2v) is 5.12. The van der Waals surface area contributed by atoms with Gasteiger partial charge < -0.3 is 11.5 Å². The minimum absolute atomic E-state index is 0.277. The van der Waals surface area contributed by atoms with Gasteiger partial charge >= 0.3 is 0 Å². The zero-order valence-corrected chi connectivity index (χ0v) is 12.6. The van der Waals surface area contributed by atoms with Crippen LogP contribution in [0.1, 0.15) is 16.1 Å². The van der Waals surface area contributed by atoms with Crippen LogP contribution in [0.4, 0.5) is 0 Å². The minimum Gasteiger partial charge on any atom is -0.370 e. The third-order valence-corrected chi connectivity index (χ3v) is 3.55. The standard InChI is InChI=1S/C18H13N5O/c19-10-14-8-12(6-7-22-14)15-3-1-2-11-4-5-13(9-16(11)15)17(24)23-18(20)21/h1-9H,(H4,20,21,23,24). The van der Waals surface area contributed by atoms with E-state index < -0.39 is 5.91 Å². The van der Waals surface area contributed by atoms with Crippen LogP contribution in [0.5, 0.6) is 0 Å². The number of nitrogens with zero attached hydrogens (tertiary/aromatic N) is 3. The summed E-state index contributed by atoms with van der Waals surface area (Å²) in [6, 6.07) is 16.6. The van der Waals surface area contributed by atoms with Crippen molar-refractivity contribution in [1.29, 1.82) is 5.26 Å². The van der Waals surface area contributed by atoms with Gasteiger partial charge in [-0.15, -0.1) is 0 Å². The molecule has 24 heavy (non-hydrogen) atoms. The summed E-state index contributed by atoms with van der Waals surface area (Å²) in [5, 5.41) is 10.9. The maximum atomic E-state index is 12.0. The van der Waals surface area contributed by atoms with Gasteiger partial charge in [-0.05, 0) is 46.2 Å². The molecule has 0 saturated carbocycles. The highest BCUT2D eigenvalue weighted by molar-refractivity contribution is 6.06. The van der Waals surface area contributed by atoms with Crippen LogP contribution < -0.4 is 11.5 Å². The largest absolute Gasteiger partial charge is 0.370 e. The molecule has 116 valence electrons. The SMILES string of the molecule is N#Cc1cc(-c2cccc3ccc(C(=O)N=C(N)N)cc23)ccn1. The van der Waals surface area contributed by atoms with E-state index in [1.807, 2.05) is 36.4 Å². The summed E-state index contributed by atoms with van der Waals surface area (Å²) in [6.07, 6.45) is 1.58. The molecule has 6 nitrogen and oxygen atoms in total. The molecule has 0 aliphatic carbocycles. The second kappa shape index (κ2) is 6.18. The molecule has 2 aromatic carbocycles. The lowest BCUT2D eigenvalue weighted by molar-refractivity contribution is 0.100. The van der Waals surface area contributed by atoms with Crippen molar-refractivity contribution in [2.45, 2.75) is 0 Å². The molecule has 4 N–H and O–H groups in total. The normalized spacial score (nSPS) is 10.1. The topological polar surface area (TPSA) is 118 Å². The first-order chi connectivity index (χ1) is 11.6. The molecule has 0 atom stereocenters. The highest BCUT2D eigenvalue weighted by Gasteiger charge is 2.10. The fourth-order valence-electron chi connectivity index (χ4n) is 2.50. The van der Waals surface area contributed by atoms with Crippen LogP contribution in [0.3, 0.4) is 0 Å². The van der Waals surface area contributed by atoms with Gasteiger partial charge in [0.2, 0.25) is 0 Å². The first-order valence-electron chi connectivity index (χ1n) is 7.12. The van der Waals surface area contributed by atoms with Crippen molar-refractivity contribution in [1.82, 2.24) is 4.98 Å². The molecule has 0 aliphatic rings. The van der Waals surface area contributed by atoms with Crippen LogP contribution in [0.25, 0.3) is 21.9 Å². The monoisotopic (exact) mass is 315 g/mol. The Kier molecular flexibility index (Phi) is 3.91. The number of carbonyl (C=O) groups is 1. The first-order valence-corrected chi connectivity index (χ1v) is 7.12. The lowest BCUT2D eigenvalue weighted by atomic mass is 9.97. The first kappa shape index (κ1) is 15.2. The summed E-state index contributed by atoms with van der Waals surface area (Å²) in [6.45, 7) is 0. The second-order valence-electron chi connectivity index (χ2n) is 5.12. The van der Waals surface area contributed by atoms with E-state index in [-0.39, 0.29) is 5.96 Å². The van der Waals surface area contributed by atoms with Crippen LogP contribution in [0, 0.1) is 11.3 Å². The number of nitrogens with two attached hydrogens (primary N) is 2. The van der Waals surface area contributed by atoms with Crippen molar-refractivity contribution in [3.8, 4) is 17.2 Å². The van der Waals surface area contributed by atoms with E-state index in [0.29, 0.717) is 11.3 Å². The van der Waals surface area contributed by atoms with E-state index in [4.69, 9.17) is 16.7 Å². The Hall–Kier alpha value is -3.72. The minimum atomic E-state index is -0.501.